The molecular formula is C4H8N2O9. The van der Waals surface area contributed by atoms with Gasteiger partial charge in [0.15, 0.2) is 0 Å². The summed E-state index contributed by atoms with van der Waals surface area (Å²) in [5, 5.41) is 18.9. The normalized spacial score (nSPS) is 7.47. The van der Waals surface area contributed by atoms with Crippen LogP contribution in [0.2, 0.25) is 0 Å². The number of rotatable bonds is 2. The van der Waals surface area contributed by atoms with Crippen molar-refractivity contribution >= 4 is 23.9 Å². The van der Waals surface area contributed by atoms with E-state index in [2.05, 4.69) is 14.8 Å². The predicted octanol–water partition coefficient (Wildman–Crippen LogP) is -1.59. The van der Waals surface area contributed by atoms with E-state index in [1.807, 2.05) is 0 Å². The number of hydrogen-bond acceptors (Lipinski definition) is 9. The van der Waals surface area contributed by atoms with E-state index in [-0.39, 0.29) is 12.3 Å². The molecule has 0 atom stereocenters. The molecule has 11 heteroatoms. The van der Waals surface area contributed by atoms with Crippen molar-refractivity contribution in [2.24, 2.45) is 0 Å². The molecule has 15 heavy (non-hydrogen) atoms. The average Bonchev–Trinajstić information content (AvgIpc) is 2.03. The monoisotopic (exact) mass is 228 g/mol. The lowest BCUT2D eigenvalue weighted by Gasteiger charge is -1.95. The largest absolute Gasteiger partial charge is 0.473 e. The molecule has 88 valence electrons. The van der Waals surface area contributed by atoms with Crippen molar-refractivity contribution < 1.29 is 44.2 Å². The highest BCUT2D eigenvalue weighted by Gasteiger charge is 2.19. The lowest BCUT2D eigenvalue weighted by atomic mass is 10.7. The Balaban J connectivity index is -0.000000720. The topological polar surface area (TPSA) is 206 Å². The van der Waals surface area contributed by atoms with Gasteiger partial charge in [0, 0.05) is 5.04 Å². The summed E-state index contributed by atoms with van der Waals surface area (Å²) in [7, 11) is 0. The lowest BCUT2D eigenvalue weighted by molar-refractivity contribution is -0.456. The maximum absolute atomic E-state index is 10.0. The molecule has 0 rings (SSSR count). The van der Waals surface area contributed by atoms with E-state index in [1.165, 1.54) is 0 Å². The fraction of sp³-hybridized carbons (Fsp3) is 0. The second-order valence-corrected chi connectivity index (χ2v) is 1.42. The Morgan fingerprint density at radius 2 is 1.00 bits per heavy atom. The molecule has 0 bridgehead atoms. The smallest absolute Gasteiger partial charge is 0.453 e. The minimum Gasteiger partial charge on any atom is -0.473 e. The quantitative estimate of drug-likeness (QED) is 0.240. The van der Waals surface area contributed by atoms with Gasteiger partial charge in [0.1, 0.15) is 0 Å². The van der Waals surface area contributed by atoms with Crippen LogP contribution >= 0.6 is 0 Å². The number of hydrogen-bond donors (Lipinski definition) is 4. The van der Waals surface area contributed by atoms with E-state index in [9.17, 15) is 19.2 Å². The summed E-state index contributed by atoms with van der Waals surface area (Å²) < 4.78 is 0. The highest BCUT2D eigenvalue weighted by molar-refractivity contribution is 6.29. The van der Waals surface area contributed by atoms with Crippen LogP contribution in [-0.4, -0.2) is 34.1 Å². The summed E-state index contributed by atoms with van der Waals surface area (Å²) in [6.07, 6.45) is 0. The summed E-state index contributed by atoms with van der Waals surface area (Å²) in [6, 6.07) is 0. The third-order valence-electron chi connectivity index (χ3n) is 0.569. The van der Waals surface area contributed by atoms with Gasteiger partial charge in [-0.05, 0) is 0 Å². The number of carbonyl (C=O) groups is 4. The van der Waals surface area contributed by atoms with E-state index in [4.69, 9.17) is 10.2 Å². The average molecular weight is 228 g/mol. The van der Waals surface area contributed by atoms with Gasteiger partial charge in [0.25, 0.3) is 0 Å². The molecule has 0 aliphatic heterocycles. The first kappa shape index (κ1) is 18.5. The van der Waals surface area contributed by atoms with Crippen molar-refractivity contribution in [2.75, 3.05) is 0 Å². The lowest BCUT2D eigenvalue weighted by Crippen LogP contribution is -2.21. The second-order valence-electron chi connectivity index (χ2n) is 1.42. The maximum Gasteiger partial charge on any atom is 0.453 e. The van der Waals surface area contributed by atoms with Gasteiger partial charge in [0.05, 0.1) is 0 Å². The molecule has 0 aromatic carbocycles. The predicted molar refractivity (Wildman–Crippen MR) is 38.6 cm³/mol. The van der Waals surface area contributed by atoms with Gasteiger partial charge in [0.2, 0.25) is 0 Å². The zero-order valence-corrected chi connectivity index (χ0v) is 7.17. The first-order valence-electron chi connectivity index (χ1n) is 2.51. The maximum atomic E-state index is 10.0. The summed E-state index contributed by atoms with van der Waals surface area (Å²) in [5.41, 5.74) is 0. The highest BCUT2D eigenvalue weighted by Crippen LogP contribution is 1.85. The fourth-order valence-corrected chi connectivity index (χ4v) is 0.150. The summed E-state index contributed by atoms with van der Waals surface area (Å²) in [6.45, 7) is 0. The van der Waals surface area contributed by atoms with Crippen molar-refractivity contribution in [2.45, 2.75) is 0 Å². The zero-order chi connectivity index (χ0) is 10.4. The Morgan fingerprint density at radius 1 is 0.733 bits per heavy atom. The Bertz CT molecular complexity index is 235. The van der Waals surface area contributed by atoms with E-state index in [0.717, 1.165) is 0 Å². The molecular weight excluding hydrogens is 220 g/mol. The minimum atomic E-state index is -1.99. The van der Waals surface area contributed by atoms with Gasteiger partial charge >= 0.3 is 23.9 Å². The highest BCUT2D eigenvalue weighted by atomic mass is 17.5. The van der Waals surface area contributed by atoms with E-state index < -0.39 is 23.9 Å². The van der Waals surface area contributed by atoms with Crippen molar-refractivity contribution in [3.63, 3.8) is 0 Å². The molecule has 8 N–H and O–H groups in total. The first-order valence-corrected chi connectivity index (χ1v) is 2.51. The number of carbonyl (C=O) groups excluding carboxylic acids is 2. The summed E-state index contributed by atoms with van der Waals surface area (Å²) in [4.78, 5) is 46.0. The van der Waals surface area contributed by atoms with Gasteiger partial charge < -0.3 is 22.5 Å². The third kappa shape index (κ3) is 8.10. The molecule has 0 saturated heterocycles. The molecule has 0 radical (unpaired) electrons. The standard InChI is InChI=1S/C4H2O9.2H3N/c5-1(6)3(9)11-13-12-4(10)2(7)8;;/h(H,5,6)(H,7,8);2*1H3. The molecule has 11 nitrogen and oxygen atoms in total. The van der Waals surface area contributed by atoms with E-state index in [0.29, 0.717) is 0 Å². The molecule has 0 amide bonds. The molecule has 0 heterocycles. The Labute approximate surface area is 81.5 Å². The van der Waals surface area contributed by atoms with Crippen LogP contribution in [0.25, 0.3) is 0 Å². The Morgan fingerprint density at radius 3 is 1.20 bits per heavy atom. The molecule has 0 unspecified atom stereocenters. The van der Waals surface area contributed by atoms with Crippen LogP contribution in [0.5, 0.6) is 0 Å². The first-order chi connectivity index (χ1) is 5.95. The van der Waals surface area contributed by atoms with Crippen LogP contribution in [0.15, 0.2) is 0 Å². The molecule has 0 aliphatic carbocycles. The van der Waals surface area contributed by atoms with Gasteiger partial charge in [-0.2, -0.15) is 0 Å². The van der Waals surface area contributed by atoms with Crippen LogP contribution in [-0.2, 0) is 34.0 Å². The van der Waals surface area contributed by atoms with E-state index >= 15 is 0 Å². The van der Waals surface area contributed by atoms with Crippen LogP contribution in [0.3, 0.4) is 0 Å². The number of carboxylic acids is 2. The molecule has 0 aliphatic rings. The second kappa shape index (κ2) is 8.36. The Hall–Kier alpha value is -2.24. The Kier molecular flexibility index (Phi) is 10.3. The summed E-state index contributed by atoms with van der Waals surface area (Å²) >= 11 is 0. The summed E-state index contributed by atoms with van der Waals surface area (Å²) in [5.74, 6) is -7.71. The van der Waals surface area contributed by atoms with Gasteiger partial charge in [-0.25, -0.2) is 29.0 Å². The van der Waals surface area contributed by atoms with E-state index in [1.54, 1.807) is 0 Å². The number of aliphatic carboxylic acids is 2. The minimum absolute atomic E-state index is 0. The SMILES string of the molecule is N.N.O=C(O)C(=O)OOOC(=O)C(=O)O. The zero-order valence-electron chi connectivity index (χ0n) is 7.17. The van der Waals surface area contributed by atoms with Crippen molar-refractivity contribution in [3.8, 4) is 0 Å². The van der Waals surface area contributed by atoms with Crippen LogP contribution in [0, 0.1) is 0 Å². The van der Waals surface area contributed by atoms with Crippen molar-refractivity contribution in [3.05, 3.63) is 0 Å². The van der Waals surface area contributed by atoms with Gasteiger partial charge in [-0.1, -0.05) is 0 Å². The van der Waals surface area contributed by atoms with Crippen LogP contribution < -0.4 is 12.3 Å². The molecule has 0 fully saturated rings. The molecule has 0 aromatic rings. The van der Waals surface area contributed by atoms with Crippen molar-refractivity contribution in [1.82, 2.24) is 12.3 Å². The van der Waals surface area contributed by atoms with Crippen LogP contribution in [0.4, 0.5) is 0 Å². The van der Waals surface area contributed by atoms with Crippen LogP contribution in [0.1, 0.15) is 0 Å². The van der Waals surface area contributed by atoms with Crippen molar-refractivity contribution in [1.29, 1.82) is 0 Å². The third-order valence-corrected chi connectivity index (χ3v) is 0.569. The van der Waals surface area contributed by atoms with Gasteiger partial charge in [-0.15, -0.1) is 0 Å². The fourth-order valence-electron chi connectivity index (χ4n) is 0.150. The number of carboxylic acid groups (broad SMARTS) is 2. The van der Waals surface area contributed by atoms with Gasteiger partial charge in [-0.3, -0.25) is 0 Å². The molecule has 0 aromatic heterocycles. The molecule has 0 spiro atoms. The molecule has 0 saturated carbocycles.